The fourth-order valence-corrected chi connectivity index (χ4v) is 2.88. The molecule has 2 heterocycles. The summed E-state index contributed by atoms with van der Waals surface area (Å²) in [6, 6.07) is 8.33. The van der Waals surface area contributed by atoms with Crippen molar-refractivity contribution in [2.75, 3.05) is 23.3 Å². The summed E-state index contributed by atoms with van der Waals surface area (Å²) in [7, 11) is 0. The average Bonchev–Trinajstić information content (AvgIpc) is 2.63. The van der Waals surface area contributed by atoms with Crippen LogP contribution in [0, 0.1) is 0 Å². The van der Waals surface area contributed by atoms with E-state index in [1.165, 1.54) is 24.9 Å². The molecule has 23 heavy (non-hydrogen) atoms. The second-order valence-electron chi connectivity index (χ2n) is 5.94. The largest absolute Gasteiger partial charge is 0.372 e. The lowest BCUT2D eigenvalue weighted by Crippen LogP contribution is -2.29. The first-order valence-corrected chi connectivity index (χ1v) is 8.16. The highest BCUT2D eigenvalue weighted by atomic mass is 16.1. The molecule has 0 spiro atoms. The van der Waals surface area contributed by atoms with Crippen molar-refractivity contribution in [3.05, 3.63) is 48.4 Å². The van der Waals surface area contributed by atoms with Gasteiger partial charge in [-0.15, -0.1) is 0 Å². The van der Waals surface area contributed by atoms with Crippen LogP contribution in [0.15, 0.2) is 42.9 Å². The lowest BCUT2D eigenvalue weighted by molar-refractivity contribution is -0.117. The SMILES string of the molecule is CC(C(=O)Nc1cnccn1)c1ccc(N2CCCCC2)cc1. The number of benzene rings is 1. The molecule has 120 valence electrons. The number of carbonyl (C=O) groups excluding carboxylic acids is 1. The topological polar surface area (TPSA) is 58.1 Å². The molecule has 2 aromatic rings. The molecule has 1 aromatic carbocycles. The van der Waals surface area contributed by atoms with Gasteiger partial charge in [0.25, 0.3) is 0 Å². The molecule has 0 radical (unpaired) electrons. The normalized spacial score (nSPS) is 16.0. The predicted octanol–water partition coefficient (Wildman–Crippen LogP) is 3.21. The number of nitrogens with one attached hydrogen (secondary N) is 1. The van der Waals surface area contributed by atoms with Gasteiger partial charge in [-0.2, -0.15) is 0 Å². The summed E-state index contributed by atoms with van der Waals surface area (Å²) >= 11 is 0. The van der Waals surface area contributed by atoms with E-state index < -0.39 is 0 Å². The molecule has 0 bridgehead atoms. The molecule has 1 amide bonds. The van der Waals surface area contributed by atoms with Gasteiger partial charge in [0, 0.05) is 31.2 Å². The molecule has 0 saturated carbocycles. The van der Waals surface area contributed by atoms with Gasteiger partial charge in [-0.3, -0.25) is 9.78 Å². The van der Waals surface area contributed by atoms with E-state index in [9.17, 15) is 4.79 Å². The van der Waals surface area contributed by atoms with Gasteiger partial charge < -0.3 is 10.2 Å². The first-order chi connectivity index (χ1) is 11.2. The summed E-state index contributed by atoms with van der Waals surface area (Å²) in [5.74, 6) is 0.179. The summed E-state index contributed by atoms with van der Waals surface area (Å²) in [5.41, 5.74) is 2.25. The van der Waals surface area contributed by atoms with Crippen molar-refractivity contribution in [3.8, 4) is 0 Å². The molecule has 5 nitrogen and oxygen atoms in total. The van der Waals surface area contributed by atoms with E-state index in [0.29, 0.717) is 5.82 Å². The number of carbonyl (C=O) groups is 1. The summed E-state index contributed by atoms with van der Waals surface area (Å²) in [5, 5.41) is 2.80. The summed E-state index contributed by atoms with van der Waals surface area (Å²) < 4.78 is 0. The highest BCUT2D eigenvalue weighted by molar-refractivity contribution is 5.94. The predicted molar refractivity (Wildman–Crippen MR) is 91.6 cm³/mol. The Morgan fingerprint density at radius 2 is 1.87 bits per heavy atom. The molecular formula is C18H22N4O. The highest BCUT2D eigenvalue weighted by Gasteiger charge is 2.17. The Hall–Kier alpha value is -2.43. The number of hydrogen-bond donors (Lipinski definition) is 1. The van der Waals surface area contributed by atoms with E-state index in [0.717, 1.165) is 18.7 Å². The van der Waals surface area contributed by atoms with Crippen LogP contribution in [-0.2, 0) is 4.79 Å². The summed E-state index contributed by atoms with van der Waals surface area (Å²) in [6.07, 6.45) is 8.54. The number of piperidine rings is 1. The molecule has 1 saturated heterocycles. The molecule has 0 aliphatic carbocycles. The maximum Gasteiger partial charge on any atom is 0.232 e. The summed E-state index contributed by atoms with van der Waals surface area (Å²) in [6.45, 7) is 4.16. The molecule has 1 aliphatic rings. The van der Waals surface area contributed by atoms with Crippen molar-refractivity contribution in [1.29, 1.82) is 0 Å². The van der Waals surface area contributed by atoms with Gasteiger partial charge in [-0.05, 0) is 43.9 Å². The van der Waals surface area contributed by atoms with E-state index in [1.54, 1.807) is 18.6 Å². The van der Waals surface area contributed by atoms with E-state index in [2.05, 4.69) is 32.3 Å². The molecule has 5 heteroatoms. The standard InChI is InChI=1S/C18H22N4O/c1-14(18(23)21-17-13-19-9-10-20-17)15-5-7-16(8-6-15)22-11-3-2-4-12-22/h5-10,13-14H,2-4,11-12H2,1H3,(H,20,21,23). The van der Waals surface area contributed by atoms with Crippen LogP contribution in [0.5, 0.6) is 0 Å². The minimum absolute atomic E-state index is 0.0729. The van der Waals surface area contributed by atoms with Crippen molar-refractivity contribution in [3.63, 3.8) is 0 Å². The van der Waals surface area contributed by atoms with Crippen LogP contribution in [0.3, 0.4) is 0 Å². The average molecular weight is 310 g/mol. The lowest BCUT2D eigenvalue weighted by Gasteiger charge is -2.29. The molecule has 1 unspecified atom stereocenters. The Morgan fingerprint density at radius 1 is 1.13 bits per heavy atom. The van der Waals surface area contributed by atoms with Gasteiger partial charge in [0.2, 0.25) is 5.91 Å². The Bertz CT molecular complexity index is 636. The first-order valence-electron chi connectivity index (χ1n) is 8.16. The fraction of sp³-hybridized carbons (Fsp3) is 0.389. The molecule has 1 atom stereocenters. The Balaban J connectivity index is 1.65. The molecule has 3 rings (SSSR count). The van der Waals surface area contributed by atoms with Crippen LogP contribution >= 0.6 is 0 Å². The second kappa shape index (κ2) is 7.22. The molecule has 1 N–H and O–H groups in total. The van der Waals surface area contributed by atoms with Crippen LogP contribution in [0.2, 0.25) is 0 Å². The first kappa shape index (κ1) is 15.5. The third-order valence-electron chi connectivity index (χ3n) is 4.32. The smallest absolute Gasteiger partial charge is 0.232 e. The summed E-state index contributed by atoms with van der Waals surface area (Å²) in [4.78, 5) is 22.7. The molecule has 1 fully saturated rings. The third-order valence-corrected chi connectivity index (χ3v) is 4.32. The number of amides is 1. The highest BCUT2D eigenvalue weighted by Crippen LogP contribution is 2.23. The number of nitrogens with zero attached hydrogens (tertiary/aromatic N) is 3. The van der Waals surface area contributed by atoms with Gasteiger partial charge >= 0.3 is 0 Å². The number of anilines is 2. The van der Waals surface area contributed by atoms with E-state index in [-0.39, 0.29) is 11.8 Å². The molecule has 1 aromatic heterocycles. The van der Waals surface area contributed by atoms with Crippen molar-refractivity contribution >= 4 is 17.4 Å². The quantitative estimate of drug-likeness (QED) is 0.942. The minimum atomic E-state index is -0.229. The van der Waals surface area contributed by atoms with Crippen molar-refractivity contribution in [2.45, 2.75) is 32.1 Å². The maximum atomic E-state index is 12.3. The van der Waals surface area contributed by atoms with E-state index in [4.69, 9.17) is 0 Å². The zero-order valence-electron chi connectivity index (χ0n) is 13.4. The van der Waals surface area contributed by atoms with Crippen LogP contribution < -0.4 is 10.2 Å². The number of aromatic nitrogens is 2. The maximum absolute atomic E-state index is 12.3. The zero-order valence-corrected chi connectivity index (χ0v) is 13.4. The number of rotatable bonds is 4. The Kier molecular flexibility index (Phi) is 4.86. The second-order valence-corrected chi connectivity index (χ2v) is 5.94. The van der Waals surface area contributed by atoms with Crippen LogP contribution in [0.1, 0.15) is 37.7 Å². The Labute approximate surface area is 136 Å². The molecule has 1 aliphatic heterocycles. The minimum Gasteiger partial charge on any atom is -0.372 e. The number of hydrogen-bond acceptors (Lipinski definition) is 4. The van der Waals surface area contributed by atoms with Gasteiger partial charge in [0.05, 0.1) is 12.1 Å². The van der Waals surface area contributed by atoms with Gasteiger partial charge in [0.1, 0.15) is 0 Å². The lowest BCUT2D eigenvalue weighted by atomic mass is 9.99. The van der Waals surface area contributed by atoms with Crippen molar-refractivity contribution in [2.24, 2.45) is 0 Å². The Morgan fingerprint density at radius 3 is 2.52 bits per heavy atom. The van der Waals surface area contributed by atoms with E-state index >= 15 is 0 Å². The monoisotopic (exact) mass is 310 g/mol. The zero-order chi connectivity index (χ0) is 16.1. The third kappa shape index (κ3) is 3.86. The fourth-order valence-electron chi connectivity index (χ4n) is 2.88. The van der Waals surface area contributed by atoms with E-state index in [1.807, 2.05) is 19.1 Å². The van der Waals surface area contributed by atoms with Crippen LogP contribution in [-0.4, -0.2) is 29.0 Å². The van der Waals surface area contributed by atoms with Gasteiger partial charge in [-0.1, -0.05) is 12.1 Å². The molecular weight excluding hydrogens is 288 g/mol. The van der Waals surface area contributed by atoms with Gasteiger partial charge in [0.15, 0.2) is 5.82 Å². The van der Waals surface area contributed by atoms with Crippen molar-refractivity contribution < 1.29 is 4.79 Å². The van der Waals surface area contributed by atoms with Crippen molar-refractivity contribution in [1.82, 2.24) is 9.97 Å². The van der Waals surface area contributed by atoms with Crippen LogP contribution in [0.4, 0.5) is 11.5 Å². The van der Waals surface area contributed by atoms with Crippen LogP contribution in [0.25, 0.3) is 0 Å². The van der Waals surface area contributed by atoms with Gasteiger partial charge in [-0.25, -0.2) is 4.98 Å².